The summed E-state index contributed by atoms with van der Waals surface area (Å²) < 4.78 is 0. The van der Waals surface area contributed by atoms with E-state index >= 15 is 0 Å². The maximum Gasteiger partial charge on any atom is 0.101 e. The van der Waals surface area contributed by atoms with Crippen LogP contribution in [0.2, 0.25) is 0 Å². The lowest BCUT2D eigenvalue weighted by Gasteiger charge is -2.36. The molecule has 1 aromatic rings. The van der Waals surface area contributed by atoms with Crippen LogP contribution in [0.3, 0.4) is 0 Å². The van der Waals surface area contributed by atoms with Gasteiger partial charge in [-0.05, 0) is 24.6 Å². The zero-order valence-corrected chi connectivity index (χ0v) is 11.4. The largest absolute Gasteiger partial charge is 0.368 e. The Balaban J connectivity index is 2.30. The average molecular weight is 246 g/mol. The molecule has 0 spiro atoms. The van der Waals surface area contributed by atoms with Gasteiger partial charge in [-0.3, -0.25) is 0 Å². The van der Waals surface area contributed by atoms with Crippen LogP contribution in [-0.2, 0) is 0 Å². The maximum atomic E-state index is 9.22. The van der Waals surface area contributed by atoms with E-state index in [1.165, 1.54) is 0 Å². The van der Waals surface area contributed by atoms with Gasteiger partial charge in [-0.25, -0.2) is 0 Å². The van der Waals surface area contributed by atoms with E-state index in [-0.39, 0.29) is 0 Å². The molecule has 0 aliphatic carbocycles. The van der Waals surface area contributed by atoms with Crippen molar-refractivity contribution < 1.29 is 0 Å². The smallest absolute Gasteiger partial charge is 0.101 e. The second kappa shape index (κ2) is 5.01. The fourth-order valence-corrected chi connectivity index (χ4v) is 3.71. The lowest BCUT2D eigenvalue weighted by atomic mass is 10.1. The summed E-state index contributed by atoms with van der Waals surface area (Å²) in [4.78, 5) is 2.35. The van der Waals surface area contributed by atoms with Crippen molar-refractivity contribution in [3.05, 3.63) is 29.3 Å². The minimum atomic E-state index is 0.631. The third kappa shape index (κ3) is 2.76. The fraction of sp³-hybridized carbons (Fsp3) is 0.500. The zero-order chi connectivity index (χ0) is 12.4. The first-order chi connectivity index (χ1) is 8.10. The molecular formula is C14H18N2S. The number of hydrogen-bond donors (Lipinski definition) is 0. The third-order valence-electron chi connectivity index (χ3n) is 3.03. The predicted molar refractivity (Wildman–Crippen MR) is 74.6 cm³/mol. The van der Waals surface area contributed by atoms with Crippen molar-refractivity contribution in [2.75, 3.05) is 18.0 Å². The Morgan fingerprint density at radius 2 is 1.94 bits per heavy atom. The summed E-state index contributed by atoms with van der Waals surface area (Å²) in [6.45, 7) is 8.61. The number of anilines is 1. The predicted octanol–water partition coefficient (Wildman–Crippen LogP) is 3.20. The summed E-state index contributed by atoms with van der Waals surface area (Å²) in [6, 6.07) is 8.47. The number of aryl methyl sites for hydroxylation is 1. The molecule has 0 amide bonds. The molecule has 2 nitrogen and oxygen atoms in total. The molecule has 0 N–H and O–H groups in total. The molecule has 0 aromatic heterocycles. The number of hydrogen-bond acceptors (Lipinski definition) is 3. The van der Waals surface area contributed by atoms with Crippen molar-refractivity contribution >= 4 is 17.4 Å². The van der Waals surface area contributed by atoms with E-state index in [1.807, 2.05) is 24.8 Å². The molecule has 1 fully saturated rings. The molecule has 1 aliphatic heterocycles. The van der Waals surface area contributed by atoms with Crippen LogP contribution in [0.4, 0.5) is 5.69 Å². The van der Waals surface area contributed by atoms with Gasteiger partial charge in [0, 0.05) is 23.6 Å². The molecule has 1 heterocycles. The van der Waals surface area contributed by atoms with E-state index < -0.39 is 0 Å². The molecule has 1 saturated heterocycles. The standard InChI is InChI=1S/C14H18N2S/c1-10-4-5-14(13(6-10)7-15)16-8-11(2)17-12(3)9-16/h4-6,11-12H,8-9H2,1-3H3. The second-order valence-corrected chi connectivity index (χ2v) is 6.68. The van der Waals surface area contributed by atoms with Gasteiger partial charge in [0.1, 0.15) is 6.07 Å². The highest BCUT2D eigenvalue weighted by Gasteiger charge is 2.23. The Morgan fingerprint density at radius 1 is 1.29 bits per heavy atom. The number of thioether (sulfide) groups is 1. The van der Waals surface area contributed by atoms with Gasteiger partial charge in [0.25, 0.3) is 0 Å². The van der Waals surface area contributed by atoms with Crippen LogP contribution in [0.5, 0.6) is 0 Å². The van der Waals surface area contributed by atoms with Gasteiger partial charge in [0.2, 0.25) is 0 Å². The van der Waals surface area contributed by atoms with E-state index in [4.69, 9.17) is 0 Å². The van der Waals surface area contributed by atoms with Crippen molar-refractivity contribution in [2.45, 2.75) is 31.3 Å². The molecule has 3 heteroatoms. The Morgan fingerprint density at radius 3 is 2.53 bits per heavy atom. The summed E-state index contributed by atoms with van der Waals surface area (Å²) in [5, 5.41) is 10.5. The number of rotatable bonds is 1. The molecule has 2 unspecified atom stereocenters. The molecule has 0 radical (unpaired) electrons. The van der Waals surface area contributed by atoms with Gasteiger partial charge in [0.05, 0.1) is 11.3 Å². The Labute approximate surface area is 108 Å². The summed E-state index contributed by atoms with van der Waals surface area (Å²) in [6.07, 6.45) is 0. The van der Waals surface area contributed by atoms with E-state index in [9.17, 15) is 5.26 Å². The van der Waals surface area contributed by atoms with Gasteiger partial charge in [-0.15, -0.1) is 0 Å². The fourth-order valence-electron chi connectivity index (χ4n) is 2.39. The van der Waals surface area contributed by atoms with E-state index in [1.54, 1.807) is 0 Å². The molecule has 1 aliphatic rings. The van der Waals surface area contributed by atoms with Crippen molar-refractivity contribution in [2.24, 2.45) is 0 Å². The average Bonchev–Trinajstić information content (AvgIpc) is 2.27. The lowest BCUT2D eigenvalue weighted by Crippen LogP contribution is -2.40. The van der Waals surface area contributed by atoms with E-state index in [0.717, 1.165) is 29.9 Å². The van der Waals surface area contributed by atoms with Crippen LogP contribution in [0.1, 0.15) is 25.0 Å². The molecular weight excluding hydrogens is 228 g/mol. The molecule has 90 valence electrons. The van der Waals surface area contributed by atoms with Gasteiger partial charge in [-0.1, -0.05) is 19.9 Å². The summed E-state index contributed by atoms with van der Waals surface area (Å²) in [7, 11) is 0. The normalized spacial score (nSPS) is 24.5. The molecule has 2 rings (SSSR count). The number of nitrogens with zero attached hydrogens (tertiary/aromatic N) is 2. The lowest BCUT2D eigenvalue weighted by molar-refractivity contribution is 0.727. The molecule has 17 heavy (non-hydrogen) atoms. The molecule has 1 aromatic carbocycles. The van der Waals surface area contributed by atoms with Crippen LogP contribution >= 0.6 is 11.8 Å². The maximum absolute atomic E-state index is 9.22. The van der Waals surface area contributed by atoms with Crippen LogP contribution in [0.25, 0.3) is 0 Å². The quantitative estimate of drug-likeness (QED) is 0.761. The highest BCUT2D eigenvalue weighted by molar-refractivity contribution is 8.00. The first kappa shape index (κ1) is 12.3. The minimum Gasteiger partial charge on any atom is -0.368 e. The second-order valence-electron chi connectivity index (χ2n) is 4.79. The van der Waals surface area contributed by atoms with E-state index in [2.05, 4.69) is 36.9 Å². The van der Waals surface area contributed by atoms with Gasteiger partial charge >= 0.3 is 0 Å². The van der Waals surface area contributed by atoms with Crippen LogP contribution in [0.15, 0.2) is 18.2 Å². The Kier molecular flexibility index (Phi) is 3.63. The highest BCUT2D eigenvalue weighted by atomic mass is 32.2. The van der Waals surface area contributed by atoms with Crippen molar-refractivity contribution in [1.82, 2.24) is 0 Å². The summed E-state index contributed by atoms with van der Waals surface area (Å²) in [5.74, 6) is 0. The summed E-state index contributed by atoms with van der Waals surface area (Å²) >= 11 is 2.03. The SMILES string of the molecule is Cc1ccc(N2CC(C)SC(C)C2)c(C#N)c1. The molecule has 0 bridgehead atoms. The topological polar surface area (TPSA) is 27.0 Å². The third-order valence-corrected chi connectivity index (χ3v) is 4.26. The van der Waals surface area contributed by atoms with Gasteiger partial charge in [0.15, 0.2) is 0 Å². The molecule has 0 saturated carbocycles. The minimum absolute atomic E-state index is 0.631. The molecule has 2 atom stereocenters. The van der Waals surface area contributed by atoms with Crippen LogP contribution < -0.4 is 4.90 Å². The highest BCUT2D eigenvalue weighted by Crippen LogP contribution is 2.30. The van der Waals surface area contributed by atoms with Crippen molar-refractivity contribution in [1.29, 1.82) is 5.26 Å². The number of benzene rings is 1. The summed E-state index contributed by atoms with van der Waals surface area (Å²) in [5.41, 5.74) is 3.05. The van der Waals surface area contributed by atoms with Crippen molar-refractivity contribution in [3.8, 4) is 6.07 Å². The van der Waals surface area contributed by atoms with Gasteiger partial charge < -0.3 is 4.90 Å². The first-order valence-corrected chi connectivity index (χ1v) is 6.95. The Hall–Kier alpha value is -1.14. The monoisotopic (exact) mass is 246 g/mol. The van der Waals surface area contributed by atoms with Crippen molar-refractivity contribution in [3.63, 3.8) is 0 Å². The van der Waals surface area contributed by atoms with E-state index in [0.29, 0.717) is 10.5 Å². The Bertz CT molecular complexity index is 440. The van der Waals surface area contributed by atoms with Gasteiger partial charge in [-0.2, -0.15) is 17.0 Å². The zero-order valence-electron chi connectivity index (χ0n) is 10.6. The first-order valence-electron chi connectivity index (χ1n) is 6.01. The van der Waals surface area contributed by atoms with Crippen LogP contribution in [0, 0.1) is 18.3 Å². The number of nitriles is 1. The van der Waals surface area contributed by atoms with Crippen LogP contribution in [-0.4, -0.2) is 23.6 Å².